The number of nitrogens with zero attached hydrogens (tertiary/aromatic N) is 2. The summed E-state index contributed by atoms with van der Waals surface area (Å²) in [5.41, 5.74) is 0.691. The summed E-state index contributed by atoms with van der Waals surface area (Å²) in [7, 11) is 1.64. The van der Waals surface area contributed by atoms with Crippen molar-refractivity contribution in [1.29, 1.82) is 0 Å². The first-order chi connectivity index (χ1) is 16.6. The molecule has 1 aliphatic rings. The number of nitrogens with two attached hydrogens (primary N) is 1. The Hall–Kier alpha value is -1.59. The van der Waals surface area contributed by atoms with Gasteiger partial charge in [-0.05, 0) is 19.8 Å². The molecule has 0 aromatic heterocycles. The normalized spacial score (nSPS) is 15.3. The van der Waals surface area contributed by atoms with Crippen LogP contribution in [0.2, 0.25) is 0 Å². The van der Waals surface area contributed by atoms with E-state index in [-0.39, 0.29) is 11.9 Å². The minimum atomic E-state index is 0.125. The Labute approximate surface area is 208 Å². The fraction of sp³-hybridized carbons (Fsp3) is 0.875. The van der Waals surface area contributed by atoms with Gasteiger partial charge in [0.2, 0.25) is 5.91 Å². The Bertz CT molecular complexity index is 459. The van der Waals surface area contributed by atoms with Crippen molar-refractivity contribution in [2.24, 2.45) is 15.9 Å². The van der Waals surface area contributed by atoms with Gasteiger partial charge in [-0.25, -0.2) is 0 Å². The van der Waals surface area contributed by atoms with Gasteiger partial charge in [-0.3, -0.25) is 9.79 Å². The molecule has 0 aliphatic carbocycles. The third-order valence-electron chi connectivity index (χ3n) is 3.87. The van der Waals surface area contributed by atoms with E-state index in [4.69, 9.17) is 29.5 Å². The zero-order valence-corrected chi connectivity index (χ0v) is 22.8. The Morgan fingerprint density at radius 2 is 1.59 bits per heavy atom. The third kappa shape index (κ3) is 30.4. The van der Waals surface area contributed by atoms with Crippen LogP contribution in [-0.2, 0) is 28.5 Å². The van der Waals surface area contributed by atoms with E-state index in [0.29, 0.717) is 71.5 Å². The Morgan fingerprint density at radius 1 is 1.03 bits per heavy atom. The maximum absolute atomic E-state index is 10.9. The SMILES string of the molecule is CC.CC.CCC(=O)NC1CCCOC1.COCCOCCOCCOCCN=C/C(C)=N\N. The first-order valence-corrected chi connectivity index (χ1v) is 12.5. The van der Waals surface area contributed by atoms with Crippen LogP contribution in [0.1, 0.15) is 60.8 Å². The number of aliphatic imine (C=N–C) groups is 1. The monoisotopic (exact) mass is 492 g/mol. The lowest BCUT2D eigenvalue weighted by atomic mass is 10.1. The van der Waals surface area contributed by atoms with Gasteiger partial charge in [0.15, 0.2) is 0 Å². The first kappa shape index (κ1) is 37.0. The summed E-state index contributed by atoms with van der Waals surface area (Å²) in [6, 6.07) is 0.260. The van der Waals surface area contributed by atoms with Crippen LogP contribution in [0.4, 0.5) is 0 Å². The number of methoxy groups -OCH3 is 1. The van der Waals surface area contributed by atoms with E-state index >= 15 is 0 Å². The largest absolute Gasteiger partial charge is 0.382 e. The van der Waals surface area contributed by atoms with Crippen molar-refractivity contribution < 1.29 is 28.5 Å². The molecule has 34 heavy (non-hydrogen) atoms. The van der Waals surface area contributed by atoms with Crippen molar-refractivity contribution in [3.8, 4) is 0 Å². The van der Waals surface area contributed by atoms with Gasteiger partial charge in [0.05, 0.1) is 71.2 Å². The summed E-state index contributed by atoms with van der Waals surface area (Å²) < 4.78 is 25.9. The molecule has 0 aromatic carbocycles. The minimum absolute atomic E-state index is 0.125. The summed E-state index contributed by atoms with van der Waals surface area (Å²) in [5, 5.41) is 6.37. The molecule has 1 atom stereocenters. The van der Waals surface area contributed by atoms with Gasteiger partial charge in [0, 0.05) is 26.4 Å². The number of carbonyl (C=O) groups excluding carboxylic acids is 1. The molecule has 0 aromatic rings. The second-order valence-corrected chi connectivity index (χ2v) is 6.47. The molecule has 10 heteroatoms. The highest BCUT2D eigenvalue weighted by Crippen LogP contribution is 2.05. The van der Waals surface area contributed by atoms with Crippen LogP contribution in [0.5, 0.6) is 0 Å². The average molecular weight is 493 g/mol. The number of amides is 1. The molecule has 1 fully saturated rings. The molecule has 0 saturated carbocycles. The maximum Gasteiger partial charge on any atom is 0.220 e. The van der Waals surface area contributed by atoms with Gasteiger partial charge in [0.25, 0.3) is 0 Å². The molecule has 1 heterocycles. The predicted octanol–water partition coefficient (Wildman–Crippen LogP) is 2.83. The number of nitrogens with one attached hydrogen (secondary N) is 1. The molecule has 10 nitrogen and oxygen atoms in total. The third-order valence-corrected chi connectivity index (χ3v) is 3.87. The molecule has 1 saturated heterocycles. The van der Waals surface area contributed by atoms with Crippen LogP contribution in [-0.4, -0.2) is 97.0 Å². The molecule has 1 unspecified atom stereocenters. The summed E-state index contributed by atoms with van der Waals surface area (Å²) in [5.74, 6) is 5.18. The molecule has 0 spiro atoms. The van der Waals surface area contributed by atoms with Gasteiger partial charge in [-0.15, -0.1) is 0 Å². The highest BCUT2D eigenvalue weighted by molar-refractivity contribution is 6.29. The van der Waals surface area contributed by atoms with Gasteiger partial charge in [-0.1, -0.05) is 34.6 Å². The lowest BCUT2D eigenvalue weighted by Crippen LogP contribution is -2.40. The molecule has 0 radical (unpaired) electrons. The highest BCUT2D eigenvalue weighted by atomic mass is 16.6. The number of hydrogen-bond donors (Lipinski definition) is 2. The predicted molar refractivity (Wildman–Crippen MR) is 140 cm³/mol. The van der Waals surface area contributed by atoms with E-state index in [1.807, 2.05) is 34.6 Å². The number of hydrazone groups is 1. The number of carbonyl (C=O) groups is 1. The summed E-state index contributed by atoms with van der Waals surface area (Å²) in [4.78, 5) is 15.0. The zero-order valence-electron chi connectivity index (χ0n) is 22.8. The summed E-state index contributed by atoms with van der Waals surface area (Å²) in [6.45, 7) is 17.8. The van der Waals surface area contributed by atoms with E-state index in [2.05, 4.69) is 15.4 Å². The lowest BCUT2D eigenvalue weighted by molar-refractivity contribution is -0.122. The average Bonchev–Trinajstić information content (AvgIpc) is 2.90. The second-order valence-electron chi connectivity index (χ2n) is 6.47. The molecule has 1 aliphatic heterocycles. The van der Waals surface area contributed by atoms with E-state index in [0.717, 1.165) is 19.4 Å². The number of rotatable bonds is 15. The summed E-state index contributed by atoms with van der Waals surface area (Å²) in [6.07, 6.45) is 4.31. The van der Waals surface area contributed by atoms with Crippen molar-refractivity contribution in [3.05, 3.63) is 0 Å². The van der Waals surface area contributed by atoms with Crippen LogP contribution >= 0.6 is 0 Å². The molecule has 3 N–H and O–H groups in total. The zero-order chi connectivity index (χ0) is 26.3. The minimum Gasteiger partial charge on any atom is -0.382 e. The van der Waals surface area contributed by atoms with Crippen molar-refractivity contribution in [2.45, 2.75) is 66.8 Å². The Morgan fingerprint density at radius 3 is 2.06 bits per heavy atom. The van der Waals surface area contributed by atoms with Gasteiger partial charge >= 0.3 is 0 Å². The molecule has 1 rings (SSSR count). The van der Waals surface area contributed by atoms with Crippen molar-refractivity contribution >= 4 is 17.8 Å². The van der Waals surface area contributed by atoms with Crippen molar-refractivity contribution in [2.75, 3.05) is 73.1 Å². The van der Waals surface area contributed by atoms with E-state index in [9.17, 15) is 4.79 Å². The molecular formula is C24H52N4O6. The second kappa shape index (κ2) is 33.6. The number of ether oxygens (including phenoxy) is 5. The Kier molecular flexibility index (Phi) is 36.5. The van der Waals surface area contributed by atoms with Crippen LogP contribution in [0, 0.1) is 0 Å². The summed E-state index contributed by atoms with van der Waals surface area (Å²) >= 11 is 0. The van der Waals surface area contributed by atoms with Crippen LogP contribution in [0.3, 0.4) is 0 Å². The fourth-order valence-corrected chi connectivity index (χ4v) is 2.22. The van der Waals surface area contributed by atoms with Crippen molar-refractivity contribution in [3.63, 3.8) is 0 Å². The maximum atomic E-state index is 10.9. The highest BCUT2D eigenvalue weighted by Gasteiger charge is 2.14. The van der Waals surface area contributed by atoms with E-state index in [1.54, 1.807) is 20.2 Å². The fourth-order valence-electron chi connectivity index (χ4n) is 2.22. The van der Waals surface area contributed by atoms with Gasteiger partial charge < -0.3 is 34.8 Å². The van der Waals surface area contributed by atoms with E-state index < -0.39 is 0 Å². The van der Waals surface area contributed by atoms with Crippen LogP contribution in [0.25, 0.3) is 0 Å². The molecule has 0 bridgehead atoms. The lowest BCUT2D eigenvalue weighted by Gasteiger charge is -2.22. The standard InChI is InChI=1S/C12H25N3O4.C8H15NO2.2C2H6/c1-12(15-13)11-14-3-4-17-7-8-19-10-9-18-6-5-16-2;1-2-8(10)9-7-4-3-5-11-6-7;2*1-2/h11H,3-10,13H2,1-2H3;7H,2-6H2,1H3,(H,9,10);2*1-2H3/b14-11?,15-12-;;;. The van der Waals surface area contributed by atoms with Crippen LogP contribution < -0.4 is 11.2 Å². The quantitative estimate of drug-likeness (QED) is 0.156. The smallest absolute Gasteiger partial charge is 0.220 e. The van der Waals surface area contributed by atoms with Crippen LogP contribution in [0.15, 0.2) is 10.1 Å². The molecule has 1 amide bonds. The van der Waals surface area contributed by atoms with E-state index in [1.165, 1.54) is 0 Å². The van der Waals surface area contributed by atoms with Crippen molar-refractivity contribution in [1.82, 2.24) is 5.32 Å². The van der Waals surface area contributed by atoms with Gasteiger partial charge in [0.1, 0.15) is 0 Å². The van der Waals surface area contributed by atoms with Gasteiger partial charge in [-0.2, -0.15) is 5.10 Å². The topological polar surface area (TPSA) is 126 Å². The number of hydrogen-bond acceptors (Lipinski definition) is 9. The molecular weight excluding hydrogens is 440 g/mol. The molecule has 204 valence electrons. The Balaban J connectivity index is -0.000000540. The first-order valence-electron chi connectivity index (χ1n) is 12.5.